The van der Waals surface area contributed by atoms with Crippen molar-refractivity contribution < 1.29 is 19.2 Å². The van der Waals surface area contributed by atoms with E-state index in [0.29, 0.717) is 18.4 Å². The second kappa shape index (κ2) is 8.91. The Balaban J connectivity index is 1.59. The van der Waals surface area contributed by atoms with E-state index in [9.17, 15) is 4.79 Å². The Hall–Kier alpha value is -2.53. The summed E-state index contributed by atoms with van der Waals surface area (Å²) in [7, 11) is 3.69. The largest absolute Gasteiger partial charge is 0.493 e. The molecular formula is C22H29N2O3+. The molecule has 0 aliphatic heterocycles. The van der Waals surface area contributed by atoms with E-state index in [1.807, 2.05) is 62.5 Å². The summed E-state index contributed by atoms with van der Waals surface area (Å²) in [6, 6.07) is 16.3. The minimum absolute atomic E-state index is 0.0920. The molecule has 3 rings (SSSR count). The summed E-state index contributed by atoms with van der Waals surface area (Å²) in [4.78, 5) is 13.4. The minimum atomic E-state index is -0.0920. The van der Waals surface area contributed by atoms with Crippen LogP contribution >= 0.6 is 0 Å². The van der Waals surface area contributed by atoms with Gasteiger partial charge in [-0.3, -0.25) is 4.79 Å². The number of carbonyl (C=O) groups excluding carboxylic acids is 1. The maximum atomic E-state index is 12.2. The molecular weight excluding hydrogens is 340 g/mol. The van der Waals surface area contributed by atoms with Crippen molar-refractivity contribution in [2.75, 3.05) is 14.2 Å². The van der Waals surface area contributed by atoms with Crippen molar-refractivity contribution in [1.82, 2.24) is 5.32 Å². The fraction of sp³-hybridized carbons (Fsp3) is 0.409. The predicted octanol–water partition coefficient (Wildman–Crippen LogP) is 1.96. The van der Waals surface area contributed by atoms with Crippen LogP contribution in [0.2, 0.25) is 0 Å². The van der Waals surface area contributed by atoms with Crippen LogP contribution in [-0.4, -0.2) is 32.1 Å². The molecule has 0 bridgehead atoms. The second-order valence-electron chi connectivity index (χ2n) is 7.29. The molecule has 1 fully saturated rings. The van der Waals surface area contributed by atoms with Gasteiger partial charge in [-0.1, -0.05) is 30.3 Å². The van der Waals surface area contributed by atoms with Crippen LogP contribution in [0.4, 0.5) is 0 Å². The molecule has 0 spiro atoms. The van der Waals surface area contributed by atoms with Crippen molar-refractivity contribution in [3.8, 4) is 11.5 Å². The molecule has 0 heterocycles. The Bertz CT molecular complexity index is 759. The first kappa shape index (κ1) is 19.2. The Morgan fingerprint density at radius 2 is 1.89 bits per heavy atom. The van der Waals surface area contributed by atoms with Crippen molar-refractivity contribution >= 4 is 5.91 Å². The summed E-state index contributed by atoms with van der Waals surface area (Å²) in [5.41, 5.74) is 2.23. The third-order valence-electron chi connectivity index (χ3n) is 5.00. The number of rotatable bonds is 9. The molecule has 0 saturated heterocycles. The van der Waals surface area contributed by atoms with Gasteiger partial charge in [-0.2, -0.15) is 0 Å². The molecule has 1 unspecified atom stereocenters. The molecule has 5 nitrogen and oxygen atoms in total. The fourth-order valence-corrected chi connectivity index (χ4v) is 2.93. The third kappa shape index (κ3) is 5.47. The van der Waals surface area contributed by atoms with E-state index < -0.39 is 0 Å². The van der Waals surface area contributed by atoms with Crippen LogP contribution < -0.4 is 19.7 Å². The number of benzene rings is 2. The van der Waals surface area contributed by atoms with Gasteiger partial charge in [0.25, 0.3) is 5.91 Å². The number of quaternary nitrogens is 1. The highest BCUT2D eigenvalue weighted by molar-refractivity contribution is 5.80. The van der Waals surface area contributed by atoms with Crippen molar-refractivity contribution in [2.24, 2.45) is 0 Å². The first-order valence-electron chi connectivity index (χ1n) is 9.53. The molecule has 144 valence electrons. The van der Waals surface area contributed by atoms with Crippen molar-refractivity contribution in [1.29, 1.82) is 0 Å². The van der Waals surface area contributed by atoms with E-state index in [-0.39, 0.29) is 11.9 Å². The van der Waals surface area contributed by atoms with Gasteiger partial charge < -0.3 is 19.7 Å². The fourth-order valence-electron chi connectivity index (χ4n) is 2.93. The summed E-state index contributed by atoms with van der Waals surface area (Å²) in [6.07, 6.45) is 2.22. The van der Waals surface area contributed by atoms with Gasteiger partial charge in [0.1, 0.15) is 13.2 Å². The maximum absolute atomic E-state index is 12.2. The maximum Gasteiger partial charge on any atom is 0.278 e. The first-order chi connectivity index (χ1) is 13.1. The molecule has 5 heteroatoms. The average molecular weight is 369 g/mol. The molecule has 2 aromatic carbocycles. The molecule has 2 N–H and O–H groups in total. The lowest BCUT2D eigenvalue weighted by molar-refractivity contribution is -0.908. The molecule has 1 saturated carbocycles. The van der Waals surface area contributed by atoms with Crippen molar-refractivity contribution in [3.63, 3.8) is 0 Å². The Morgan fingerprint density at radius 1 is 1.15 bits per heavy atom. The van der Waals surface area contributed by atoms with Crippen LogP contribution in [0, 0.1) is 0 Å². The number of ether oxygens (including phenoxy) is 2. The quantitative estimate of drug-likeness (QED) is 0.710. The minimum Gasteiger partial charge on any atom is -0.493 e. The number of hydrogen-bond donors (Lipinski definition) is 2. The van der Waals surface area contributed by atoms with Crippen LogP contribution in [0.25, 0.3) is 0 Å². The van der Waals surface area contributed by atoms with E-state index in [4.69, 9.17) is 9.47 Å². The summed E-state index contributed by atoms with van der Waals surface area (Å²) in [6.45, 7) is 3.22. The van der Waals surface area contributed by atoms with E-state index in [2.05, 4.69) is 5.32 Å². The Morgan fingerprint density at radius 3 is 2.56 bits per heavy atom. The second-order valence-corrected chi connectivity index (χ2v) is 7.29. The van der Waals surface area contributed by atoms with Crippen molar-refractivity contribution in [2.45, 2.75) is 45.0 Å². The van der Waals surface area contributed by atoms with Gasteiger partial charge in [0.2, 0.25) is 0 Å². The molecule has 1 aliphatic carbocycles. The highest BCUT2D eigenvalue weighted by Gasteiger charge is 2.29. The summed E-state index contributed by atoms with van der Waals surface area (Å²) < 4.78 is 11.4. The Labute approximate surface area is 161 Å². The van der Waals surface area contributed by atoms with E-state index >= 15 is 0 Å². The van der Waals surface area contributed by atoms with Crippen LogP contribution in [0.5, 0.6) is 11.5 Å². The molecule has 2 aromatic rings. The lowest BCUT2D eigenvalue weighted by atomic mass is 10.1. The highest BCUT2D eigenvalue weighted by atomic mass is 16.5. The lowest BCUT2D eigenvalue weighted by Gasteiger charge is -2.21. The zero-order valence-electron chi connectivity index (χ0n) is 16.3. The van der Waals surface area contributed by atoms with E-state index in [1.165, 1.54) is 0 Å². The van der Waals surface area contributed by atoms with Crippen LogP contribution in [-0.2, 0) is 17.9 Å². The number of nitrogens with one attached hydrogen (secondary N) is 2. The monoisotopic (exact) mass is 369 g/mol. The zero-order chi connectivity index (χ0) is 19.2. The average Bonchev–Trinajstić information content (AvgIpc) is 3.50. The van der Waals surface area contributed by atoms with Gasteiger partial charge >= 0.3 is 0 Å². The normalized spacial score (nSPS) is 15.7. The van der Waals surface area contributed by atoms with Gasteiger partial charge in [0.15, 0.2) is 17.5 Å². The number of amides is 1. The summed E-state index contributed by atoms with van der Waals surface area (Å²) in [5.74, 6) is 1.57. The molecule has 27 heavy (non-hydrogen) atoms. The molecule has 1 amide bonds. The first-order valence-corrected chi connectivity index (χ1v) is 9.53. The SMILES string of the molecule is COc1cc(C[NH+](C)[C@H](C)C(=O)NC2CC2)ccc1OCc1ccccc1. The van der Waals surface area contributed by atoms with Crippen LogP contribution in [0.15, 0.2) is 48.5 Å². The number of likely N-dealkylation sites (N-methyl/N-ethyl adjacent to an activating group) is 1. The van der Waals surface area contributed by atoms with E-state index in [0.717, 1.165) is 41.2 Å². The molecule has 1 aliphatic rings. The Kier molecular flexibility index (Phi) is 6.35. The standard InChI is InChI=1S/C22H28N2O3/c1-16(22(25)23-19-10-11-19)24(2)14-18-9-12-20(21(13-18)26-3)27-15-17-7-5-4-6-8-17/h4-9,12-13,16,19H,10-11,14-15H2,1-3H3,(H,23,25)/p+1/t16-/m1/s1. The van der Waals surface area contributed by atoms with Gasteiger partial charge in [-0.05, 0) is 43.5 Å². The number of carbonyl (C=O) groups is 1. The third-order valence-corrected chi connectivity index (χ3v) is 5.00. The zero-order valence-corrected chi connectivity index (χ0v) is 16.3. The van der Waals surface area contributed by atoms with Gasteiger partial charge in [-0.15, -0.1) is 0 Å². The van der Waals surface area contributed by atoms with Gasteiger partial charge in [0, 0.05) is 11.6 Å². The number of methoxy groups -OCH3 is 1. The van der Waals surface area contributed by atoms with E-state index in [1.54, 1.807) is 7.11 Å². The smallest absolute Gasteiger partial charge is 0.278 e. The van der Waals surface area contributed by atoms with Crippen LogP contribution in [0.1, 0.15) is 30.9 Å². The topological polar surface area (TPSA) is 52.0 Å². The predicted molar refractivity (Wildman–Crippen MR) is 105 cm³/mol. The molecule has 2 atom stereocenters. The highest BCUT2D eigenvalue weighted by Crippen LogP contribution is 2.28. The van der Waals surface area contributed by atoms with Gasteiger partial charge in [-0.25, -0.2) is 0 Å². The van der Waals surface area contributed by atoms with Crippen molar-refractivity contribution in [3.05, 3.63) is 59.7 Å². The van der Waals surface area contributed by atoms with Gasteiger partial charge in [0.05, 0.1) is 14.2 Å². The lowest BCUT2D eigenvalue weighted by Crippen LogP contribution is -3.12. The summed E-state index contributed by atoms with van der Waals surface area (Å²) >= 11 is 0. The molecule has 0 aromatic heterocycles. The number of hydrogen-bond acceptors (Lipinski definition) is 3. The van der Waals surface area contributed by atoms with Crippen LogP contribution in [0.3, 0.4) is 0 Å². The summed E-state index contributed by atoms with van der Waals surface area (Å²) in [5, 5.41) is 3.08. The molecule has 0 radical (unpaired) electrons.